The van der Waals surface area contributed by atoms with Crippen molar-refractivity contribution in [1.29, 1.82) is 0 Å². The fraction of sp³-hybridized carbons (Fsp3) is 0.556. The molecule has 0 aliphatic carbocycles. The first kappa shape index (κ1) is 9.77. The Morgan fingerprint density at radius 1 is 1.62 bits per heavy atom. The molecule has 1 N–H and O–H groups in total. The number of carboxylic acids is 1. The van der Waals surface area contributed by atoms with Crippen molar-refractivity contribution in [2.24, 2.45) is 0 Å². The molecule has 0 radical (unpaired) electrons. The Kier molecular flexibility index (Phi) is 2.70. The maximum atomic E-state index is 11.0. The Bertz CT molecular complexity index is 277. The number of esters is 1. The molecular formula is C9H12O4. The molecule has 0 aromatic heterocycles. The van der Waals surface area contributed by atoms with Crippen LogP contribution in [0.5, 0.6) is 0 Å². The maximum Gasteiger partial charge on any atom is 0.335 e. The lowest BCUT2D eigenvalue weighted by atomic mass is 10.0. The molecule has 1 aliphatic rings. The van der Waals surface area contributed by atoms with E-state index in [2.05, 4.69) is 0 Å². The van der Waals surface area contributed by atoms with E-state index in [9.17, 15) is 9.59 Å². The summed E-state index contributed by atoms with van der Waals surface area (Å²) in [6.07, 6.45) is 0.821. The molecule has 0 bridgehead atoms. The first-order valence-electron chi connectivity index (χ1n) is 4.23. The number of hydrogen-bond acceptors (Lipinski definition) is 3. The van der Waals surface area contributed by atoms with Crippen molar-refractivity contribution in [2.45, 2.75) is 32.8 Å². The molecule has 1 unspecified atom stereocenters. The number of ether oxygens (including phenoxy) is 1. The third-order valence-electron chi connectivity index (χ3n) is 2.06. The fourth-order valence-electron chi connectivity index (χ4n) is 1.39. The Hall–Kier alpha value is -1.32. The largest absolute Gasteiger partial charge is 0.478 e. The molecule has 1 heterocycles. The minimum atomic E-state index is -1.05. The van der Waals surface area contributed by atoms with Crippen LogP contribution in [0, 0.1) is 0 Å². The van der Waals surface area contributed by atoms with Crippen LogP contribution in [-0.4, -0.2) is 23.1 Å². The zero-order chi connectivity index (χ0) is 10.0. The van der Waals surface area contributed by atoms with Gasteiger partial charge < -0.3 is 9.84 Å². The monoisotopic (exact) mass is 184 g/mol. The maximum absolute atomic E-state index is 11.0. The lowest BCUT2D eigenvalue weighted by Crippen LogP contribution is -2.16. The van der Waals surface area contributed by atoms with Crippen LogP contribution in [0.15, 0.2) is 11.1 Å². The van der Waals surface area contributed by atoms with Crippen LogP contribution in [0.3, 0.4) is 0 Å². The number of carbonyl (C=O) groups excluding carboxylic acids is 1. The van der Waals surface area contributed by atoms with E-state index in [0.29, 0.717) is 6.42 Å². The van der Waals surface area contributed by atoms with Gasteiger partial charge in [0.15, 0.2) is 0 Å². The van der Waals surface area contributed by atoms with Crippen LogP contribution in [0.2, 0.25) is 0 Å². The van der Waals surface area contributed by atoms with Gasteiger partial charge in [-0.3, -0.25) is 0 Å². The standard InChI is InChI=1S/C9H12O4/c1-3-4-6-7(8(10)11)5(2)9(12)13-6/h6H,3-4H2,1-2H3,(H,10,11). The molecule has 0 saturated carbocycles. The van der Waals surface area contributed by atoms with Gasteiger partial charge in [0.1, 0.15) is 6.10 Å². The van der Waals surface area contributed by atoms with Crippen LogP contribution in [0.25, 0.3) is 0 Å². The summed E-state index contributed by atoms with van der Waals surface area (Å²) in [7, 11) is 0. The third kappa shape index (κ3) is 1.71. The van der Waals surface area contributed by atoms with Gasteiger partial charge in [-0.05, 0) is 13.3 Å². The number of hydrogen-bond donors (Lipinski definition) is 1. The van der Waals surface area contributed by atoms with Crippen LogP contribution in [0.1, 0.15) is 26.7 Å². The van der Waals surface area contributed by atoms with Crippen LogP contribution in [0.4, 0.5) is 0 Å². The summed E-state index contributed by atoms with van der Waals surface area (Å²) in [6, 6.07) is 0. The van der Waals surface area contributed by atoms with Gasteiger partial charge in [-0.2, -0.15) is 0 Å². The second kappa shape index (κ2) is 3.60. The van der Waals surface area contributed by atoms with Crippen LogP contribution in [-0.2, 0) is 14.3 Å². The summed E-state index contributed by atoms with van der Waals surface area (Å²) in [5.41, 5.74) is 0.345. The Morgan fingerprint density at radius 3 is 2.69 bits per heavy atom. The van der Waals surface area contributed by atoms with Gasteiger partial charge >= 0.3 is 11.9 Å². The summed E-state index contributed by atoms with van der Waals surface area (Å²) >= 11 is 0. The van der Waals surface area contributed by atoms with E-state index in [-0.39, 0.29) is 11.1 Å². The highest BCUT2D eigenvalue weighted by Crippen LogP contribution is 2.25. The summed E-state index contributed by atoms with van der Waals surface area (Å²) < 4.78 is 4.89. The van der Waals surface area contributed by atoms with Crippen molar-refractivity contribution >= 4 is 11.9 Å². The van der Waals surface area contributed by atoms with Crippen LogP contribution >= 0.6 is 0 Å². The summed E-state index contributed by atoms with van der Waals surface area (Å²) in [4.78, 5) is 21.8. The van der Waals surface area contributed by atoms with E-state index in [1.165, 1.54) is 6.92 Å². The zero-order valence-corrected chi connectivity index (χ0v) is 7.66. The predicted molar refractivity (Wildman–Crippen MR) is 45.1 cm³/mol. The van der Waals surface area contributed by atoms with E-state index in [1.54, 1.807) is 0 Å². The number of carbonyl (C=O) groups is 2. The molecule has 1 rings (SSSR count). The van der Waals surface area contributed by atoms with Crippen molar-refractivity contribution in [1.82, 2.24) is 0 Å². The molecule has 0 fully saturated rings. The summed E-state index contributed by atoms with van der Waals surface area (Å²) in [5, 5.41) is 8.81. The molecule has 0 spiro atoms. The van der Waals surface area contributed by atoms with Crippen molar-refractivity contribution in [3.05, 3.63) is 11.1 Å². The highest BCUT2D eigenvalue weighted by molar-refractivity contribution is 6.03. The van der Waals surface area contributed by atoms with Gasteiger partial charge in [-0.25, -0.2) is 9.59 Å². The molecule has 72 valence electrons. The molecule has 4 heteroatoms. The van der Waals surface area contributed by atoms with Gasteiger partial charge in [-0.15, -0.1) is 0 Å². The molecule has 0 amide bonds. The zero-order valence-electron chi connectivity index (χ0n) is 7.66. The Balaban J connectivity index is 2.92. The fourth-order valence-corrected chi connectivity index (χ4v) is 1.39. The van der Waals surface area contributed by atoms with Crippen molar-refractivity contribution in [2.75, 3.05) is 0 Å². The average molecular weight is 184 g/mol. The number of carboxylic acid groups (broad SMARTS) is 1. The van der Waals surface area contributed by atoms with Gasteiger partial charge in [0, 0.05) is 5.57 Å². The van der Waals surface area contributed by atoms with E-state index in [4.69, 9.17) is 9.84 Å². The van der Waals surface area contributed by atoms with Crippen LogP contribution < -0.4 is 0 Å². The van der Waals surface area contributed by atoms with Gasteiger partial charge in [0.05, 0.1) is 5.57 Å². The van der Waals surface area contributed by atoms with Gasteiger partial charge in [0.25, 0.3) is 0 Å². The lowest BCUT2D eigenvalue weighted by Gasteiger charge is -2.09. The molecule has 0 aromatic carbocycles. The van der Waals surface area contributed by atoms with Crippen molar-refractivity contribution < 1.29 is 19.4 Å². The van der Waals surface area contributed by atoms with Crippen molar-refractivity contribution in [3.8, 4) is 0 Å². The number of cyclic esters (lactones) is 1. The van der Waals surface area contributed by atoms with Gasteiger partial charge in [-0.1, -0.05) is 13.3 Å². The highest BCUT2D eigenvalue weighted by atomic mass is 16.5. The first-order valence-corrected chi connectivity index (χ1v) is 4.23. The molecule has 13 heavy (non-hydrogen) atoms. The number of aliphatic carboxylic acids is 1. The number of rotatable bonds is 3. The quantitative estimate of drug-likeness (QED) is 0.667. The van der Waals surface area contributed by atoms with Crippen molar-refractivity contribution in [3.63, 3.8) is 0 Å². The Morgan fingerprint density at radius 2 is 2.23 bits per heavy atom. The predicted octanol–water partition coefficient (Wildman–Crippen LogP) is 1.11. The smallest absolute Gasteiger partial charge is 0.335 e. The third-order valence-corrected chi connectivity index (χ3v) is 2.06. The molecule has 1 atom stereocenters. The van der Waals surface area contributed by atoms with E-state index < -0.39 is 18.0 Å². The Labute approximate surface area is 76.2 Å². The lowest BCUT2D eigenvalue weighted by molar-refractivity contribution is -0.140. The molecule has 0 aromatic rings. The molecule has 1 aliphatic heterocycles. The summed E-state index contributed by atoms with van der Waals surface area (Å²) in [5.74, 6) is -1.56. The average Bonchev–Trinajstić information content (AvgIpc) is 2.28. The first-order chi connectivity index (χ1) is 6.07. The highest BCUT2D eigenvalue weighted by Gasteiger charge is 2.34. The van der Waals surface area contributed by atoms with Gasteiger partial charge in [0.2, 0.25) is 0 Å². The topological polar surface area (TPSA) is 63.6 Å². The second-order valence-corrected chi connectivity index (χ2v) is 3.03. The minimum absolute atomic E-state index is 0.117. The second-order valence-electron chi connectivity index (χ2n) is 3.03. The molecule has 4 nitrogen and oxygen atoms in total. The van der Waals surface area contributed by atoms with E-state index >= 15 is 0 Å². The van der Waals surface area contributed by atoms with E-state index in [1.807, 2.05) is 6.92 Å². The normalized spacial score (nSPS) is 22.0. The van der Waals surface area contributed by atoms with E-state index in [0.717, 1.165) is 6.42 Å². The molecule has 0 saturated heterocycles. The summed E-state index contributed by atoms with van der Waals surface area (Å²) in [6.45, 7) is 3.41. The molecular weight excluding hydrogens is 172 g/mol. The SMILES string of the molecule is CCCC1OC(=O)C(C)=C1C(=O)O. The minimum Gasteiger partial charge on any atom is -0.478 e.